The smallest absolute Gasteiger partial charge is 0.431 e. The summed E-state index contributed by atoms with van der Waals surface area (Å²) in [6.45, 7) is 5.05. The first-order chi connectivity index (χ1) is 9.73. The van der Waals surface area contributed by atoms with E-state index in [1.165, 1.54) is 13.2 Å². The van der Waals surface area contributed by atoms with Gasteiger partial charge in [0.05, 0.1) is 7.11 Å². The fourth-order valence-corrected chi connectivity index (χ4v) is 1.47. The van der Waals surface area contributed by atoms with Crippen LogP contribution in [0.2, 0.25) is 0 Å². The summed E-state index contributed by atoms with van der Waals surface area (Å²) in [7, 11) is 1.47. The summed E-state index contributed by atoms with van der Waals surface area (Å²) < 4.78 is 9.97. The Morgan fingerprint density at radius 2 is 1.95 bits per heavy atom. The zero-order chi connectivity index (χ0) is 16.0. The maximum atomic E-state index is 11.5. The zero-order valence-corrected chi connectivity index (χ0v) is 12.4. The number of rotatable bonds is 5. The number of hydrogen-bond donors (Lipinski definition) is 2. The number of carboxylic acid groups (broad SMARTS) is 1. The number of carbonyl (C=O) groups excluding carboxylic acids is 1. The molecule has 0 spiro atoms. The van der Waals surface area contributed by atoms with Crippen LogP contribution in [0.5, 0.6) is 5.75 Å². The van der Waals surface area contributed by atoms with Crippen molar-refractivity contribution in [2.45, 2.75) is 32.5 Å². The highest BCUT2D eigenvalue weighted by atomic mass is 16.7. The van der Waals surface area contributed by atoms with Gasteiger partial charge in [0.15, 0.2) is 0 Å². The highest BCUT2D eigenvalue weighted by molar-refractivity contribution is 5.75. The monoisotopic (exact) mass is 297 g/mol. The third-order valence-corrected chi connectivity index (χ3v) is 2.28. The van der Waals surface area contributed by atoms with Gasteiger partial charge in [-0.2, -0.15) is 5.48 Å². The van der Waals surface area contributed by atoms with E-state index in [9.17, 15) is 14.7 Å². The van der Waals surface area contributed by atoms with Crippen LogP contribution in [0.3, 0.4) is 0 Å². The van der Waals surface area contributed by atoms with Gasteiger partial charge in [-0.1, -0.05) is 12.1 Å². The Bertz CT molecular complexity index is 508. The molecule has 1 aromatic rings. The predicted molar refractivity (Wildman–Crippen MR) is 73.8 cm³/mol. The second-order valence-electron chi connectivity index (χ2n) is 5.22. The average Bonchev–Trinajstić information content (AvgIpc) is 2.36. The number of aliphatic carboxylic acids is 1. The summed E-state index contributed by atoms with van der Waals surface area (Å²) in [5.74, 6) is -0.765. The minimum atomic E-state index is -1.37. The van der Waals surface area contributed by atoms with Crippen LogP contribution < -0.4 is 10.2 Å². The Kier molecular flexibility index (Phi) is 5.54. The first-order valence-corrected chi connectivity index (χ1v) is 6.24. The lowest BCUT2D eigenvalue weighted by Gasteiger charge is -2.20. The lowest BCUT2D eigenvalue weighted by Crippen LogP contribution is -2.34. The van der Waals surface area contributed by atoms with Crippen molar-refractivity contribution in [1.82, 2.24) is 5.48 Å². The van der Waals surface area contributed by atoms with Crippen molar-refractivity contribution in [2.75, 3.05) is 7.11 Å². The van der Waals surface area contributed by atoms with Gasteiger partial charge in [-0.3, -0.25) is 4.84 Å². The largest absolute Gasteiger partial charge is 0.497 e. The van der Waals surface area contributed by atoms with Crippen molar-refractivity contribution in [3.8, 4) is 5.75 Å². The van der Waals surface area contributed by atoms with E-state index in [1.807, 2.05) is 5.48 Å². The highest BCUT2D eigenvalue weighted by Gasteiger charge is 2.24. The van der Waals surface area contributed by atoms with E-state index in [0.29, 0.717) is 11.3 Å². The quantitative estimate of drug-likeness (QED) is 0.810. The molecule has 7 heteroatoms. The molecule has 0 aromatic heterocycles. The van der Waals surface area contributed by atoms with Crippen molar-refractivity contribution in [2.24, 2.45) is 0 Å². The van der Waals surface area contributed by atoms with Gasteiger partial charge < -0.3 is 14.6 Å². The number of amides is 1. The Labute approximate surface area is 122 Å². The molecule has 2 N–H and O–H groups in total. The second-order valence-corrected chi connectivity index (χ2v) is 5.22. The molecule has 1 amide bonds. The van der Waals surface area contributed by atoms with Crippen LogP contribution in [-0.4, -0.2) is 29.9 Å². The van der Waals surface area contributed by atoms with Gasteiger partial charge in [0.1, 0.15) is 11.4 Å². The molecular weight excluding hydrogens is 278 g/mol. The molecule has 0 radical (unpaired) electrons. The zero-order valence-electron chi connectivity index (χ0n) is 12.4. The number of benzene rings is 1. The minimum Gasteiger partial charge on any atom is -0.497 e. The van der Waals surface area contributed by atoms with Crippen LogP contribution in [-0.2, 0) is 14.4 Å². The average molecular weight is 297 g/mol. The predicted octanol–water partition coefficient (Wildman–Crippen LogP) is 2.28. The topological polar surface area (TPSA) is 94.1 Å². The fourth-order valence-electron chi connectivity index (χ4n) is 1.47. The number of nitrogens with one attached hydrogen (secondary N) is 1. The van der Waals surface area contributed by atoms with Crippen molar-refractivity contribution < 1.29 is 29.0 Å². The molecule has 1 unspecified atom stereocenters. The third kappa shape index (κ3) is 5.70. The van der Waals surface area contributed by atoms with Gasteiger partial charge in [0, 0.05) is 0 Å². The summed E-state index contributed by atoms with van der Waals surface area (Å²) >= 11 is 0. The van der Waals surface area contributed by atoms with Gasteiger partial charge in [-0.15, -0.1) is 0 Å². The molecular formula is C14H19NO6. The molecule has 1 aromatic carbocycles. The van der Waals surface area contributed by atoms with Gasteiger partial charge in [0.2, 0.25) is 6.10 Å². The number of ether oxygens (including phenoxy) is 2. The number of hydrogen-bond acceptors (Lipinski definition) is 5. The van der Waals surface area contributed by atoms with Crippen molar-refractivity contribution in [3.05, 3.63) is 29.8 Å². The molecule has 21 heavy (non-hydrogen) atoms. The fraction of sp³-hybridized carbons (Fsp3) is 0.429. The molecule has 7 nitrogen and oxygen atoms in total. The second kappa shape index (κ2) is 6.94. The third-order valence-electron chi connectivity index (χ3n) is 2.28. The lowest BCUT2D eigenvalue weighted by molar-refractivity contribution is -0.155. The molecule has 1 rings (SSSR count). The van der Waals surface area contributed by atoms with Crippen LogP contribution >= 0.6 is 0 Å². The minimum absolute atomic E-state index is 0.331. The Morgan fingerprint density at radius 1 is 1.29 bits per heavy atom. The normalized spacial score (nSPS) is 12.4. The first-order valence-electron chi connectivity index (χ1n) is 6.24. The van der Waals surface area contributed by atoms with E-state index in [4.69, 9.17) is 14.3 Å². The van der Waals surface area contributed by atoms with Crippen LogP contribution in [0.1, 0.15) is 32.4 Å². The SMILES string of the molecule is COc1cccc(C(ONC(=O)OC(C)(C)C)C(=O)O)c1. The van der Waals surface area contributed by atoms with Crippen LogP contribution in [0.25, 0.3) is 0 Å². The van der Waals surface area contributed by atoms with Crippen LogP contribution in [0, 0.1) is 0 Å². The maximum absolute atomic E-state index is 11.5. The Morgan fingerprint density at radius 3 is 2.48 bits per heavy atom. The van der Waals surface area contributed by atoms with E-state index >= 15 is 0 Å². The molecule has 0 saturated heterocycles. The summed E-state index contributed by atoms with van der Waals surface area (Å²) in [4.78, 5) is 27.6. The molecule has 0 aliphatic rings. The van der Waals surface area contributed by atoms with Crippen LogP contribution in [0.4, 0.5) is 4.79 Å². The Balaban J connectivity index is 2.74. The summed E-state index contributed by atoms with van der Waals surface area (Å²) in [6, 6.07) is 6.36. The van der Waals surface area contributed by atoms with Crippen molar-refractivity contribution >= 4 is 12.1 Å². The highest BCUT2D eigenvalue weighted by Crippen LogP contribution is 2.21. The van der Waals surface area contributed by atoms with E-state index in [0.717, 1.165) is 0 Å². The van der Waals surface area contributed by atoms with Gasteiger partial charge in [-0.05, 0) is 38.5 Å². The Hall–Kier alpha value is -2.28. The lowest BCUT2D eigenvalue weighted by atomic mass is 10.1. The van der Waals surface area contributed by atoms with E-state index < -0.39 is 23.8 Å². The molecule has 0 bridgehead atoms. The summed E-state index contributed by atoms with van der Waals surface area (Å²) in [5, 5.41) is 9.18. The molecule has 0 aliphatic carbocycles. The molecule has 0 aliphatic heterocycles. The van der Waals surface area contributed by atoms with Gasteiger partial charge in [0.25, 0.3) is 0 Å². The molecule has 116 valence electrons. The van der Waals surface area contributed by atoms with Crippen molar-refractivity contribution in [1.29, 1.82) is 0 Å². The number of carbonyl (C=O) groups is 2. The van der Waals surface area contributed by atoms with Gasteiger partial charge >= 0.3 is 12.1 Å². The standard InChI is InChI=1S/C14H19NO6/c1-14(2,3)20-13(18)15-21-11(12(16)17)9-6-5-7-10(8-9)19-4/h5-8,11H,1-4H3,(H,15,18)(H,16,17). The molecule has 0 fully saturated rings. The van der Waals surface area contributed by atoms with Gasteiger partial charge in [-0.25, -0.2) is 9.59 Å². The molecule has 0 saturated carbocycles. The molecule has 0 heterocycles. The maximum Gasteiger partial charge on any atom is 0.431 e. The summed E-state index contributed by atoms with van der Waals surface area (Å²) in [6.07, 6.45) is -2.23. The number of hydroxylamine groups is 1. The van der Waals surface area contributed by atoms with E-state index in [-0.39, 0.29) is 0 Å². The first kappa shape index (κ1) is 16.8. The van der Waals surface area contributed by atoms with Crippen molar-refractivity contribution in [3.63, 3.8) is 0 Å². The van der Waals surface area contributed by atoms with E-state index in [1.54, 1.807) is 39.0 Å². The van der Waals surface area contributed by atoms with Crippen LogP contribution in [0.15, 0.2) is 24.3 Å². The number of methoxy groups -OCH3 is 1. The summed E-state index contributed by atoms with van der Waals surface area (Å²) in [5.41, 5.74) is 1.60. The molecule has 1 atom stereocenters. The van der Waals surface area contributed by atoms with E-state index in [2.05, 4.69) is 0 Å². The number of carboxylic acids is 1.